The van der Waals surface area contributed by atoms with E-state index in [1.165, 1.54) is 0 Å². The second-order valence-corrected chi connectivity index (χ2v) is 4.15. The van der Waals surface area contributed by atoms with Crippen LogP contribution in [-0.2, 0) is 6.18 Å². The molecule has 0 bridgehead atoms. The number of anilines is 1. The van der Waals surface area contributed by atoms with E-state index in [9.17, 15) is 31.1 Å². The van der Waals surface area contributed by atoms with E-state index < -0.39 is 43.2 Å². The highest BCUT2D eigenvalue weighted by Gasteiger charge is 2.35. The Hall–Kier alpha value is -1.77. The third-order valence-electron chi connectivity index (χ3n) is 2.57. The first-order valence-corrected chi connectivity index (χ1v) is 5.67. The molecular weight excluding hydrogens is 304 g/mol. The SMILES string of the molecule is O=Cc1ccc(N(CCO)CC(F)(F)F)cc1C(F)(F)F. The summed E-state index contributed by atoms with van der Waals surface area (Å²) >= 11 is 0. The average Bonchev–Trinajstić information content (AvgIpc) is 2.35. The second-order valence-electron chi connectivity index (χ2n) is 4.15. The molecule has 0 saturated carbocycles. The van der Waals surface area contributed by atoms with Crippen LogP contribution in [0.4, 0.5) is 32.0 Å². The molecule has 0 aliphatic carbocycles. The lowest BCUT2D eigenvalue weighted by atomic mass is 10.1. The minimum absolute atomic E-state index is 0.0211. The number of benzene rings is 1. The third kappa shape index (κ3) is 4.92. The lowest BCUT2D eigenvalue weighted by Gasteiger charge is -2.26. The van der Waals surface area contributed by atoms with Crippen molar-refractivity contribution in [2.75, 3.05) is 24.6 Å². The molecule has 0 heterocycles. The van der Waals surface area contributed by atoms with Crippen molar-refractivity contribution >= 4 is 12.0 Å². The molecule has 0 radical (unpaired) electrons. The van der Waals surface area contributed by atoms with E-state index in [0.717, 1.165) is 12.1 Å². The number of aliphatic hydroxyl groups is 1. The molecule has 9 heteroatoms. The summed E-state index contributed by atoms with van der Waals surface area (Å²) in [4.78, 5) is 11.1. The van der Waals surface area contributed by atoms with Gasteiger partial charge < -0.3 is 10.0 Å². The van der Waals surface area contributed by atoms with Crippen LogP contribution >= 0.6 is 0 Å². The fourth-order valence-corrected chi connectivity index (χ4v) is 1.73. The molecule has 3 nitrogen and oxygen atoms in total. The van der Waals surface area contributed by atoms with E-state index in [2.05, 4.69) is 0 Å². The van der Waals surface area contributed by atoms with Gasteiger partial charge in [-0.05, 0) is 18.2 Å². The van der Waals surface area contributed by atoms with Gasteiger partial charge in [-0.3, -0.25) is 4.79 Å². The molecule has 1 aromatic rings. The quantitative estimate of drug-likeness (QED) is 0.671. The summed E-state index contributed by atoms with van der Waals surface area (Å²) in [5.74, 6) is 0. The zero-order chi connectivity index (χ0) is 16.3. The summed E-state index contributed by atoms with van der Waals surface area (Å²) in [7, 11) is 0. The fourth-order valence-electron chi connectivity index (χ4n) is 1.73. The van der Waals surface area contributed by atoms with Gasteiger partial charge in [0.05, 0.1) is 12.2 Å². The molecule has 1 aromatic carbocycles. The van der Waals surface area contributed by atoms with Crippen molar-refractivity contribution in [2.24, 2.45) is 0 Å². The Bertz CT molecular complexity index is 498. The molecule has 0 saturated heterocycles. The molecule has 0 aliphatic rings. The molecule has 1 N–H and O–H groups in total. The van der Waals surface area contributed by atoms with Gasteiger partial charge in [0.25, 0.3) is 0 Å². The van der Waals surface area contributed by atoms with Crippen molar-refractivity contribution in [2.45, 2.75) is 12.4 Å². The Balaban J connectivity index is 3.24. The summed E-state index contributed by atoms with van der Waals surface area (Å²) in [6, 6.07) is 2.23. The number of alkyl halides is 6. The van der Waals surface area contributed by atoms with Gasteiger partial charge in [0.2, 0.25) is 0 Å². The molecular formula is C12H11F6NO2. The molecule has 0 unspecified atom stereocenters. The minimum atomic E-state index is -4.87. The Labute approximate surface area is 115 Å². The average molecular weight is 315 g/mol. The third-order valence-corrected chi connectivity index (χ3v) is 2.57. The fraction of sp³-hybridized carbons (Fsp3) is 0.417. The maximum atomic E-state index is 12.8. The van der Waals surface area contributed by atoms with Crippen LogP contribution in [0.25, 0.3) is 0 Å². The minimum Gasteiger partial charge on any atom is -0.395 e. The van der Waals surface area contributed by atoms with E-state index in [1.54, 1.807) is 0 Å². The van der Waals surface area contributed by atoms with Gasteiger partial charge in [-0.1, -0.05) is 0 Å². The number of carbonyl (C=O) groups is 1. The van der Waals surface area contributed by atoms with Crippen LogP contribution in [0.5, 0.6) is 0 Å². The standard InChI is InChI=1S/C12H11F6NO2/c13-11(14,15)7-19(3-4-20)9-2-1-8(6-21)10(5-9)12(16,17)18/h1-2,5-6,20H,3-4,7H2. The van der Waals surface area contributed by atoms with E-state index in [4.69, 9.17) is 5.11 Å². The highest BCUT2D eigenvalue weighted by Crippen LogP contribution is 2.34. The Morgan fingerprint density at radius 2 is 1.76 bits per heavy atom. The van der Waals surface area contributed by atoms with Gasteiger partial charge in [0.1, 0.15) is 6.54 Å². The number of hydrogen-bond acceptors (Lipinski definition) is 3. The van der Waals surface area contributed by atoms with Gasteiger partial charge in [-0.15, -0.1) is 0 Å². The van der Waals surface area contributed by atoms with E-state index in [0.29, 0.717) is 11.0 Å². The topological polar surface area (TPSA) is 40.5 Å². The zero-order valence-electron chi connectivity index (χ0n) is 10.5. The Morgan fingerprint density at radius 3 is 2.19 bits per heavy atom. The van der Waals surface area contributed by atoms with Gasteiger partial charge in [0.15, 0.2) is 6.29 Å². The summed E-state index contributed by atoms with van der Waals surface area (Å²) in [5, 5.41) is 8.74. The number of aldehydes is 1. The number of hydrogen-bond donors (Lipinski definition) is 1. The molecule has 0 fully saturated rings. The first-order chi connectivity index (χ1) is 9.58. The van der Waals surface area contributed by atoms with Crippen molar-refractivity contribution in [1.82, 2.24) is 0 Å². The molecule has 1 rings (SSSR count). The summed E-state index contributed by atoms with van der Waals surface area (Å²) in [6.07, 6.45) is -9.53. The van der Waals surface area contributed by atoms with Gasteiger partial charge in [-0.25, -0.2) is 0 Å². The van der Waals surface area contributed by atoms with Crippen LogP contribution in [0.2, 0.25) is 0 Å². The summed E-state index contributed by atoms with van der Waals surface area (Å²) in [5.41, 5.74) is -2.36. The van der Waals surface area contributed by atoms with E-state index >= 15 is 0 Å². The van der Waals surface area contributed by atoms with Crippen LogP contribution in [0.3, 0.4) is 0 Å². The molecule has 0 aromatic heterocycles. The Kier molecular flexibility index (Phi) is 5.21. The van der Waals surface area contributed by atoms with Gasteiger partial charge in [-0.2, -0.15) is 26.3 Å². The van der Waals surface area contributed by atoms with Gasteiger partial charge >= 0.3 is 12.4 Å². The summed E-state index contributed by atoms with van der Waals surface area (Å²) < 4.78 is 75.4. The van der Waals surface area contributed by atoms with Gasteiger partial charge in [0, 0.05) is 17.8 Å². The largest absolute Gasteiger partial charge is 0.417 e. The summed E-state index contributed by atoms with van der Waals surface area (Å²) in [6.45, 7) is -2.66. The van der Waals surface area contributed by atoms with Crippen molar-refractivity contribution in [3.63, 3.8) is 0 Å². The number of aliphatic hydroxyl groups excluding tert-OH is 1. The van der Waals surface area contributed by atoms with Crippen LogP contribution in [0.1, 0.15) is 15.9 Å². The van der Waals surface area contributed by atoms with E-state index in [1.807, 2.05) is 0 Å². The molecule has 21 heavy (non-hydrogen) atoms. The van der Waals surface area contributed by atoms with Crippen LogP contribution in [0, 0.1) is 0 Å². The highest BCUT2D eigenvalue weighted by molar-refractivity contribution is 5.79. The van der Waals surface area contributed by atoms with Crippen LogP contribution in [-0.4, -0.2) is 37.3 Å². The number of rotatable bonds is 5. The van der Waals surface area contributed by atoms with Crippen molar-refractivity contribution in [3.05, 3.63) is 29.3 Å². The first-order valence-electron chi connectivity index (χ1n) is 5.67. The lowest BCUT2D eigenvalue weighted by molar-refractivity contribution is -0.137. The normalized spacial score (nSPS) is 12.3. The monoisotopic (exact) mass is 315 g/mol. The van der Waals surface area contributed by atoms with Crippen molar-refractivity contribution in [3.8, 4) is 0 Å². The Morgan fingerprint density at radius 1 is 1.14 bits per heavy atom. The van der Waals surface area contributed by atoms with E-state index in [-0.39, 0.29) is 12.0 Å². The maximum absolute atomic E-state index is 12.8. The molecule has 118 valence electrons. The number of halogens is 6. The van der Waals surface area contributed by atoms with Crippen LogP contribution < -0.4 is 4.90 Å². The predicted molar refractivity (Wildman–Crippen MR) is 62.2 cm³/mol. The predicted octanol–water partition coefficient (Wildman–Crippen LogP) is 2.88. The first kappa shape index (κ1) is 17.3. The number of carbonyl (C=O) groups excluding carboxylic acids is 1. The zero-order valence-corrected chi connectivity index (χ0v) is 10.5. The maximum Gasteiger partial charge on any atom is 0.417 e. The number of nitrogens with zero attached hydrogens (tertiary/aromatic N) is 1. The molecule has 0 aliphatic heterocycles. The smallest absolute Gasteiger partial charge is 0.395 e. The molecule has 0 amide bonds. The second kappa shape index (κ2) is 6.33. The van der Waals surface area contributed by atoms with Crippen molar-refractivity contribution in [1.29, 1.82) is 0 Å². The molecule has 0 spiro atoms. The highest BCUT2D eigenvalue weighted by atomic mass is 19.4. The lowest BCUT2D eigenvalue weighted by Crippen LogP contribution is -2.36. The van der Waals surface area contributed by atoms with Crippen LogP contribution in [0.15, 0.2) is 18.2 Å². The van der Waals surface area contributed by atoms with Crippen molar-refractivity contribution < 1.29 is 36.2 Å². The molecule has 0 atom stereocenters.